The first-order valence-electron chi connectivity index (χ1n) is 13.1. The number of rotatable bonds is 7. The maximum atomic E-state index is 14.3. The minimum Gasteiger partial charge on any atom is -0.399 e. The molecule has 4 aromatic rings. The van der Waals surface area contributed by atoms with Crippen LogP contribution < -0.4 is 16.6 Å². The number of nitrogen functional groups attached to an aromatic ring is 1. The molecule has 2 heterocycles. The Morgan fingerprint density at radius 1 is 1.13 bits per heavy atom. The lowest BCUT2D eigenvalue weighted by atomic mass is 9.93. The van der Waals surface area contributed by atoms with Crippen molar-refractivity contribution in [3.63, 3.8) is 0 Å². The Morgan fingerprint density at radius 3 is 2.66 bits per heavy atom. The molecule has 5 N–H and O–H groups in total. The van der Waals surface area contributed by atoms with Crippen LogP contribution in [-0.4, -0.2) is 34.0 Å². The third kappa shape index (κ3) is 5.02. The zero-order chi connectivity index (χ0) is 26.8. The van der Waals surface area contributed by atoms with Gasteiger partial charge >= 0.3 is 0 Å². The summed E-state index contributed by atoms with van der Waals surface area (Å²) in [6.45, 7) is 4.77. The molecule has 0 radical (unpaired) electrons. The molecule has 2 atom stereocenters. The van der Waals surface area contributed by atoms with Crippen LogP contribution in [0, 0.1) is 13.8 Å². The Kier molecular flexibility index (Phi) is 7.20. The van der Waals surface area contributed by atoms with Gasteiger partial charge in [-0.25, -0.2) is 0 Å². The highest BCUT2D eigenvalue weighted by atomic mass is 16.3. The Bertz CT molecular complexity index is 1520. The van der Waals surface area contributed by atoms with E-state index >= 15 is 0 Å². The predicted molar refractivity (Wildman–Crippen MR) is 152 cm³/mol. The lowest BCUT2D eigenvalue weighted by Gasteiger charge is -2.31. The van der Waals surface area contributed by atoms with Crippen molar-refractivity contribution in [1.82, 2.24) is 9.88 Å². The number of nitrogens with zero attached hydrogens (tertiary/aromatic N) is 1. The number of likely N-dealkylation sites (tertiary alicyclic amines) is 1. The number of amides is 1. The number of nitrogens with one attached hydrogen (secondary N) is 2. The van der Waals surface area contributed by atoms with Gasteiger partial charge in [-0.1, -0.05) is 30.3 Å². The average Bonchev–Trinajstić information content (AvgIpc) is 3.39. The molecule has 1 aliphatic heterocycles. The maximum absolute atomic E-state index is 14.3. The number of nitrogens with two attached hydrogens (primary N) is 1. The van der Waals surface area contributed by atoms with Crippen molar-refractivity contribution in [2.24, 2.45) is 0 Å². The molecule has 1 unspecified atom stereocenters. The van der Waals surface area contributed by atoms with E-state index in [1.807, 2.05) is 73.3 Å². The molecule has 7 nitrogen and oxygen atoms in total. The van der Waals surface area contributed by atoms with E-state index in [1.54, 1.807) is 12.3 Å². The van der Waals surface area contributed by atoms with E-state index in [2.05, 4.69) is 10.3 Å². The quantitative estimate of drug-likeness (QED) is 0.268. The van der Waals surface area contributed by atoms with Gasteiger partial charge in [0.05, 0.1) is 6.04 Å². The van der Waals surface area contributed by atoms with E-state index in [1.165, 1.54) is 0 Å². The van der Waals surface area contributed by atoms with Crippen LogP contribution >= 0.6 is 0 Å². The van der Waals surface area contributed by atoms with Crippen molar-refractivity contribution in [3.8, 4) is 0 Å². The smallest absolute Gasteiger partial charge is 0.255 e. The topological polar surface area (TPSA) is 111 Å². The minimum atomic E-state index is -0.655. The first-order chi connectivity index (χ1) is 18.4. The SMILES string of the molecule is Cc1cc(C(Nc2ccc3cc[nH]c(=O)c3c2)C(=O)N2CCC[C@@H]2c2cccc(N)c2)cc(C)c1CCO. The summed E-state index contributed by atoms with van der Waals surface area (Å²) >= 11 is 0. The number of aromatic nitrogens is 1. The molecular formula is C31H34N4O3. The fourth-order valence-electron chi connectivity index (χ4n) is 5.74. The number of aromatic amines is 1. The second-order valence-electron chi connectivity index (χ2n) is 10.2. The maximum Gasteiger partial charge on any atom is 0.255 e. The highest BCUT2D eigenvalue weighted by Crippen LogP contribution is 2.36. The zero-order valence-corrected chi connectivity index (χ0v) is 21.8. The first-order valence-corrected chi connectivity index (χ1v) is 13.1. The molecule has 1 aromatic heterocycles. The monoisotopic (exact) mass is 510 g/mol. The van der Waals surface area contributed by atoms with Crippen LogP contribution in [0.1, 0.15) is 52.7 Å². The lowest BCUT2D eigenvalue weighted by Crippen LogP contribution is -2.37. The minimum absolute atomic E-state index is 0.0225. The van der Waals surface area contributed by atoms with E-state index in [-0.39, 0.29) is 24.1 Å². The predicted octanol–water partition coefficient (Wildman–Crippen LogP) is 4.78. The van der Waals surface area contributed by atoms with Gasteiger partial charge in [-0.3, -0.25) is 9.59 Å². The van der Waals surface area contributed by atoms with Gasteiger partial charge in [0.2, 0.25) is 5.91 Å². The number of H-pyrrole nitrogens is 1. The number of aliphatic hydroxyl groups excluding tert-OH is 1. The van der Waals surface area contributed by atoms with Crippen molar-refractivity contribution in [3.05, 3.63) is 105 Å². The van der Waals surface area contributed by atoms with Gasteiger partial charge in [0.1, 0.15) is 6.04 Å². The molecule has 5 rings (SSSR count). The third-order valence-corrected chi connectivity index (χ3v) is 7.58. The summed E-state index contributed by atoms with van der Waals surface area (Å²) in [5, 5.41) is 14.4. The van der Waals surface area contributed by atoms with Crippen LogP contribution in [0.15, 0.2) is 71.7 Å². The summed E-state index contributed by atoms with van der Waals surface area (Å²) in [5.74, 6) is -0.0225. The molecular weight excluding hydrogens is 476 g/mol. The molecule has 1 amide bonds. The number of pyridine rings is 1. The molecule has 0 aliphatic carbocycles. The molecule has 1 aliphatic rings. The van der Waals surface area contributed by atoms with Crippen molar-refractivity contribution in [2.75, 3.05) is 24.2 Å². The number of carbonyl (C=O) groups excluding carboxylic acids is 1. The van der Waals surface area contributed by atoms with E-state index in [0.29, 0.717) is 29.7 Å². The van der Waals surface area contributed by atoms with Crippen molar-refractivity contribution in [1.29, 1.82) is 0 Å². The van der Waals surface area contributed by atoms with Crippen LogP contribution in [0.2, 0.25) is 0 Å². The van der Waals surface area contributed by atoms with Gasteiger partial charge in [0.25, 0.3) is 5.56 Å². The number of aryl methyl sites for hydroxylation is 2. The van der Waals surface area contributed by atoms with Gasteiger partial charge in [0, 0.05) is 36.1 Å². The van der Waals surface area contributed by atoms with Gasteiger partial charge in [-0.2, -0.15) is 0 Å². The molecule has 1 saturated heterocycles. The number of benzene rings is 3. The van der Waals surface area contributed by atoms with E-state index in [9.17, 15) is 14.7 Å². The van der Waals surface area contributed by atoms with Crippen LogP contribution in [0.4, 0.5) is 11.4 Å². The zero-order valence-electron chi connectivity index (χ0n) is 21.8. The number of carbonyl (C=O) groups is 1. The Balaban J connectivity index is 1.56. The summed E-state index contributed by atoms with van der Waals surface area (Å²) in [5.41, 5.74) is 12.3. The number of fused-ring (bicyclic) bond motifs is 1. The van der Waals surface area contributed by atoms with Crippen LogP contribution in [0.25, 0.3) is 10.8 Å². The highest BCUT2D eigenvalue weighted by Gasteiger charge is 2.35. The highest BCUT2D eigenvalue weighted by molar-refractivity contribution is 5.89. The molecule has 0 saturated carbocycles. The largest absolute Gasteiger partial charge is 0.399 e. The summed E-state index contributed by atoms with van der Waals surface area (Å²) in [4.78, 5) is 31.4. The first kappa shape index (κ1) is 25.5. The molecule has 3 aromatic carbocycles. The number of aliphatic hydroxyl groups is 1. The molecule has 1 fully saturated rings. The molecule has 0 bridgehead atoms. The van der Waals surface area contributed by atoms with Gasteiger partial charge in [-0.15, -0.1) is 0 Å². The fraction of sp³-hybridized carbons (Fsp3) is 0.290. The van der Waals surface area contributed by atoms with Gasteiger partial charge in [0.15, 0.2) is 0 Å². The van der Waals surface area contributed by atoms with E-state index in [0.717, 1.165) is 46.0 Å². The van der Waals surface area contributed by atoms with E-state index < -0.39 is 6.04 Å². The van der Waals surface area contributed by atoms with Crippen LogP contribution in [0.3, 0.4) is 0 Å². The number of hydrogen-bond donors (Lipinski definition) is 4. The lowest BCUT2D eigenvalue weighted by molar-refractivity contribution is -0.133. The second kappa shape index (κ2) is 10.7. The Morgan fingerprint density at radius 2 is 1.92 bits per heavy atom. The fourth-order valence-corrected chi connectivity index (χ4v) is 5.74. The molecule has 7 heteroatoms. The number of anilines is 2. The van der Waals surface area contributed by atoms with Gasteiger partial charge in [-0.05, 0) is 96.6 Å². The van der Waals surface area contributed by atoms with Crippen molar-refractivity contribution >= 4 is 28.1 Å². The van der Waals surface area contributed by atoms with Crippen LogP contribution in [0.5, 0.6) is 0 Å². The number of hydrogen-bond acceptors (Lipinski definition) is 5. The Labute approximate surface area is 222 Å². The normalized spacial score (nSPS) is 16.1. The third-order valence-electron chi connectivity index (χ3n) is 7.58. The summed E-state index contributed by atoms with van der Waals surface area (Å²) in [7, 11) is 0. The standard InChI is InChI=1S/C31H34N4O3/c1-19-15-23(16-20(2)26(19)11-14-36)29(34-25-9-8-21-10-12-33-30(37)27(21)18-25)31(38)35-13-4-7-28(35)22-5-3-6-24(32)17-22/h3,5-6,8-10,12,15-18,28-29,34,36H,4,7,11,13-14,32H2,1-2H3,(H,33,37)/t28-,29?/m1/s1. The summed E-state index contributed by atoms with van der Waals surface area (Å²) in [6, 6.07) is 18.6. The van der Waals surface area contributed by atoms with Crippen LogP contribution in [-0.2, 0) is 11.2 Å². The van der Waals surface area contributed by atoms with Gasteiger partial charge < -0.3 is 26.0 Å². The average molecular weight is 511 g/mol. The summed E-state index contributed by atoms with van der Waals surface area (Å²) in [6.07, 6.45) is 3.99. The molecule has 196 valence electrons. The molecule has 38 heavy (non-hydrogen) atoms. The van der Waals surface area contributed by atoms with Crippen molar-refractivity contribution in [2.45, 2.75) is 45.2 Å². The Hall–Kier alpha value is -4.10. The van der Waals surface area contributed by atoms with E-state index in [4.69, 9.17) is 5.73 Å². The second-order valence-corrected chi connectivity index (χ2v) is 10.2. The summed E-state index contributed by atoms with van der Waals surface area (Å²) < 4.78 is 0. The molecule has 0 spiro atoms. The van der Waals surface area contributed by atoms with Crippen molar-refractivity contribution < 1.29 is 9.90 Å².